The first-order valence-corrected chi connectivity index (χ1v) is 7.47. The summed E-state index contributed by atoms with van der Waals surface area (Å²) in [6, 6.07) is 13.7. The molecule has 2 atom stereocenters. The van der Waals surface area contributed by atoms with Crippen LogP contribution in [0, 0.1) is 5.92 Å². The van der Waals surface area contributed by atoms with Crippen LogP contribution in [0.1, 0.15) is 29.2 Å². The molecule has 22 heavy (non-hydrogen) atoms. The molecule has 0 spiro atoms. The van der Waals surface area contributed by atoms with Crippen molar-refractivity contribution in [3.05, 3.63) is 59.2 Å². The van der Waals surface area contributed by atoms with Crippen LogP contribution in [-0.4, -0.2) is 17.9 Å². The van der Waals surface area contributed by atoms with E-state index in [1.165, 1.54) is 11.1 Å². The summed E-state index contributed by atoms with van der Waals surface area (Å²) in [6.07, 6.45) is 1.94. The van der Waals surface area contributed by atoms with Gasteiger partial charge in [0.2, 0.25) is 0 Å². The van der Waals surface area contributed by atoms with Crippen molar-refractivity contribution in [3.8, 4) is 11.5 Å². The van der Waals surface area contributed by atoms with Crippen molar-refractivity contribution < 1.29 is 14.7 Å². The highest BCUT2D eigenvalue weighted by Crippen LogP contribution is 2.43. The molecule has 1 aliphatic carbocycles. The highest BCUT2D eigenvalue weighted by atomic mass is 16.6. The van der Waals surface area contributed by atoms with Gasteiger partial charge in [0.1, 0.15) is 0 Å². The first-order valence-electron chi connectivity index (χ1n) is 7.47. The molecule has 0 fully saturated rings. The number of oxime groups is 1. The fourth-order valence-electron chi connectivity index (χ4n) is 3.40. The van der Waals surface area contributed by atoms with Crippen LogP contribution in [0.5, 0.6) is 11.5 Å². The van der Waals surface area contributed by atoms with Crippen LogP contribution in [0.25, 0.3) is 0 Å². The van der Waals surface area contributed by atoms with E-state index in [0.717, 1.165) is 24.1 Å². The van der Waals surface area contributed by atoms with Crippen molar-refractivity contribution in [1.29, 1.82) is 0 Å². The maximum absolute atomic E-state index is 9.75. The topological polar surface area (TPSA) is 51.0 Å². The van der Waals surface area contributed by atoms with E-state index in [1.807, 2.05) is 18.2 Å². The molecule has 2 aliphatic rings. The first-order chi connectivity index (χ1) is 10.8. The standard InChI is InChI=1S/C18H17NO3/c1-21-16-10-12(7-9-15(16)20)18-14-8-6-11-4-2-3-5-13(11)17(14)19-22-18/h2-5,7,9-10,14,18,20H,6,8H2,1H3/t14-,18+/m0/s1. The summed E-state index contributed by atoms with van der Waals surface area (Å²) in [4.78, 5) is 5.73. The van der Waals surface area contributed by atoms with Gasteiger partial charge in [-0.2, -0.15) is 0 Å². The van der Waals surface area contributed by atoms with Crippen LogP contribution in [0.2, 0.25) is 0 Å². The number of aromatic hydroxyl groups is 1. The summed E-state index contributed by atoms with van der Waals surface area (Å²) >= 11 is 0. The summed E-state index contributed by atoms with van der Waals surface area (Å²) in [7, 11) is 1.55. The second kappa shape index (κ2) is 5.05. The van der Waals surface area contributed by atoms with E-state index in [2.05, 4.69) is 23.4 Å². The second-order valence-corrected chi connectivity index (χ2v) is 5.74. The van der Waals surface area contributed by atoms with E-state index in [1.54, 1.807) is 13.2 Å². The lowest BCUT2D eigenvalue weighted by Gasteiger charge is -2.25. The Bertz CT molecular complexity index is 754. The van der Waals surface area contributed by atoms with Gasteiger partial charge in [-0.15, -0.1) is 0 Å². The smallest absolute Gasteiger partial charge is 0.161 e. The summed E-state index contributed by atoms with van der Waals surface area (Å²) in [5.74, 6) is 0.856. The van der Waals surface area contributed by atoms with Gasteiger partial charge in [0, 0.05) is 11.5 Å². The molecule has 4 rings (SSSR count). The number of phenols is 1. The minimum Gasteiger partial charge on any atom is -0.504 e. The van der Waals surface area contributed by atoms with Crippen molar-refractivity contribution >= 4 is 5.71 Å². The van der Waals surface area contributed by atoms with Gasteiger partial charge in [0.25, 0.3) is 0 Å². The van der Waals surface area contributed by atoms with Crippen LogP contribution in [0.15, 0.2) is 47.6 Å². The van der Waals surface area contributed by atoms with Crippen LogP contribution in [0.3, 0.4) is 0 Å². The lowest BCUT2D eigenvalue weighted by Crippen LogP contribution is -2.24. The summed E-state index contributed by atoms with van der Waals surface area (Å²) in [5, 5.41) is 14.1. The normalized spacial score (nSPS) is 22.3. The maximum atomic E-state index is 9.75. The predicted molar refractivity (Wildman–Crippen MR) is 83.3 cm³/mol. The van der Waals surface area contributed by atoms with Crippen molar-refractivity contribution in [1.82, 2.24) is 0 Å². The molecule has 4 heteroatoms. The molecule has 0 unspecified atom stereocenters. The highest BCUT2D eigenvalue weighted by Gasteiger charge is 2.39. The van der Waals surface area contributed by atoms with Gasteiger partial charge < -0.3 is 14.7 Å². The van der Waals surface area contributed by atoms with Crippen LogP contribution >= 0.6 is 0 Å². The molecule has 0 bridgehead atoms. The van der Waals surface area contributed by atoms with Crippen LogP contribution < -0.4 is 4.74 Å². The molecule has 0 saturated heterocycles. The Hall–Kier alpha value is -2.49. The number of ether oxygens (including phenoxy) is 1. The number of nitrogens with zero attached hydrogens (tertiary/aromatic N) is 1. The number of phenolic OH excluding ortho intramolecular Hbond substituents is 1. The van der Waals surface area contributed by atoms with Crippen molar-refractivity contribution in [2.45, 2.75) is 18.9 Å². The van der Waals surface area contributed by atoms with Gasteiger partial charge in [0.15, 0.2) is 17.6 Å². The van der Waals surface area contributed by atoms with Gasteiger partial charge in [-0.25, -0.2) is 0 Å². The van der Waals surface area contributed by atoms with Crippen molar-refractivity contribution in [2.24, 2.45) is 11.1 Å². The third kappa shape index (κ3) is 1.95. The zero-order chi connectivity index (χ0) is 15.1. The monoisotopic (exact) mass is 295 g/mol. The van der Waals surface area contributed by atoms with Gasteiger partial charge in [-0.05, 0) is 36.1 Å². The molecule has 1 heterocycles. The first kappa shape index (κ1) is 13.2. The Morgan fingerprint density at radius 3 is 2.95 bits per heavy atom. The van der Waals surface area contributed by atoms with Gasteiger partial charge >= 0.3 is 0 Å². The summed E-state index contributed by atoms with van der Waals surface area (Å²) in [5.41, 5.74) is 4.56. The Balaban J connectivity index is 1.69. The van der Waals surface area contributed by atoms with Gasteiger partial charge in [-0.3, -0.25) is 0 Å². The minimum atomic E-state index is -0.113. The van der Waals surface area contributed by atoms with Gasteiger partial charge in [0.05, 0.1) is 12.8 Å². The molecule has 0 saturated carbocycles. The molecule has 1 N–H and O–H groups in total. The number of hydrogen-bond donors (Lipinski definition) is 1. The number of hydrogen-bond acceptors (Lipinski definition) is 4. The Labute approximate surface area is 129 Å². The zero-order valence-electron chi connectivity index (χ0n) is 12.3. The number of methoxy groups -OCH3 is 1. The molecule has 0 radical (unpaired) electrons. The molecule has 0 amide bonds. The van der Waals surface area contributed by atoms with Crippen LogP contribution in [0.4, 0.5) is 0 Å². The quantitative estimate of drug-likeness (QED) is 0.923. The highest BCUT2D eigenvalue weighted by molar-refractivity contribution is 6.05. The fraction of sp³-hybridized carbons (Fsp3) is 0.278. The Morgan fingerprint density at radius 2 is 2.09 bits per heavy atom. The summed E-state index contributed by atoms with van der Waals surface area (Å²) < 4.78 is 5.19. The van der Waals surface area contributed by atoms with E-state index in [0.29, 0.717) is 5.75 Å². The van der Waals surface area contributed by atoms with E-state index in [-0.39, 0.29) is 17.8 Å². The maximum Gasteiger partial charge on any atom is 0.161 e. The molecule has 2 aromatic carbocycles. The number of aryl methyl sites for hydroxylation is 1. The molecule has 2 aromatic rings. The van der Waals surface area contributed by atoms with E-state index in [4.69, 9.17) is 9.57 Å². The van der Waals surface area contributed by atoms with Crippen molar-refractivity contribution in [3.63, 3.8) is 0 Å². The van der Waals surface area contributed by atoms with Crippen LogP contribution in [-0.2, 0) is 11.3 Å². The van der Waals surface area contributed by atoms with E-state index in [9.17, 15) is 5.11 Å². The third-order valence-corrected chi connectivity index (χ3v) is 4.53. The molecule has 0 aromatic heterocycles. The van der Waals surface area contributed by atoms with Crippen molar-refractivity contribution in [2.75, 3.05) is 7.11 Å². The SMILES string of the molecule is COc1cc([C@H]2ON=C3c4ccccc4CC[C@@H]32)ccc1O. The lowest BCUT2D eigenvalue weighted by atomic mass is 9.78. The Kier molecular flexibility index (Phi) is 3.03. The largest absolute Gasteiger partial charge is 0.504 e. The summed E-state index contributed by atoms with van der Waals surface area (Å²) in [6.45, 7) is 0. The third-order valence-electron chi connectivity index (χ3n) is 4.53. The predicted octanol–water partition coefficient (Wildman–Crippen LogP) is 3.44. The number of rotatable bonds is 2. The van der Waals surface area contributed by atoms with E-state index < -0.39 is 0 Å². The molecular weight excluding hydrogens is 278 g/mol. The average Bonchev–Trinajstić information content (AvgIpc) is 3.00. The second-order valence-electron chi connectivity index (χ2n) is 5.74. The Morgan fingerprint density at radius 1 is 1.23 bits per heavy atom. The molecule has 1 aliphatic heterocycles. The lowest BCUT2D eigenvalue weighted by molar-refractivity contribution is 0.0592. The molecular formula is C18H17NO3. The number of benzene rings is 2. The average molecular weight is 295 g/mol. The number of fused-ring (bicyclic) bond motifs is 3. The molecule has 112 valence electrons. The minimum absolute atomic E-state index is 0.113. The zero-order valence-corrected chi connectivity index (χ0v) is 12.3. The molecule has 4 nitrogen and oxygen atoms in total. The fourth-order valence-corrected chi connectivity index (χ4v) is 3.40. The van der Waals surface area contributed by atoms with Gasteiger partial charge in [-0.1, -0.05) is 35.5 Å². The van der Waals surface area contributed by atoms with E-state index >= 15 is 0 Å².